The van der Waals surface area contributed by atoms with E-state index in [1.807, 2.05) is 20.0 Å². The molecule has 0 atom stereocenters. The summed E-state index contributed by atoms with van der Waals surface area (Å²) >= 11 is 6.19. The highest BCUT2D eigenvalue weighted by Gasteiger charge is 2.20. The average Bonchev–Trinajstić information content (AvgIpc) is 2.77. The second-order valence-corrected chi connectivity index (χ2v) is 8.34. The molecule has 0 saturated carbocycles. The van der Waals surface area contributed by atoms with Gasteiger partial charge in [0.1, 0.15) is 18.2 Å². The Kier molecular flexibility index (Phi) is 6.30. The van der Waals surface area contributed by atoms with Crippen molar-refractivity contribution in [1.82, 2.24) is 14.5 Å². The molecule has 7 nitrogen and oxygen atoms in total. The summed E-state index contributed by atoms with van der Waals surface area (Å²) < 4.78 is 7.67. The number of carboxylic acid groups (broad SMARTS) is 1. The van der Waals surface area contributed by atoms with Gasteiger partial charge in [-0.15, -0.1) is 0 Å². The molecule has 0 fully saturated rings. The van der Waals surface area contributed by atoms with Crippen molar-refractivity contribution in [3.05, 3.63) is 80.5 Å². The number of aryl methyl sites for hydroxylation is 1. The Labute approximate surface area is 190 Å². The van der Waals surface area contributed by atoms with E-state index in [4.69, 9.17) is 16.3 Å². The smallest absolute Gasteiger partial charge is 0.335 e. The summed E-state index contributed by atoms with van der Waals surface area (Å²) in [7, 11) is 2.00. The fourth-order valence-corrected chi connectivity index (χ4v) is 4.12. The van der Waals surface area contributed by atoms with Crippen LogP contribution in [0.5, 0.6) is 5.75 Å². The van der Waals surface area contributed by atoms with Crippen LogP contribution in [0.3, 0.4) is 0 Å². The molecule has 0 amide bonds. The van der Waals surface area contributed by atoms with E-state index in [2.05, 4.69) is 9.88 Å². The SMILES string of the molecule is Cc1nc2c(c(=O)n1CCOc1ccc(Cl)cc1-c1cccc(C(=O)O)c1)CN(C)CC2. The molecule has 1 aromatic heterocycles. The number of ether oxygens (including phenoxy) is 1. The normalized spacial score (nSPS) is 13.6. The zero-order valence-corrected chi connectivity index (χ0v) is 18.7. The first-order valence-corrected chi connectivity index (χ1v) is 10.7. The van der Waals surface area contributed by atoms with E-state index >= 15 is 0 Å². The van der Waals surface area contributed by atoms with Crippen molar-refractivity contribution < 1.29 is 14.6 Å². The van der Waals surface area contributed by atoms with E-state index < -0.39 is 5.97 Å². The number of nitrogens with zero attached hydrogens (tertiary/aromatic N) is 3. The van der Waals surface area contributed by atoms with Gasteiger partial charge in [-0.25, -0.2) is 9.78 Å². The molecular weight excluding hydrogens is 430 g/mol. The van der Waals surface area contributed by atoms with Gasteiger partial charge >= 0.3 is 5.97 Å². The Balaban J connectivity index is 1.57. The zero-order valence-electron chi connectivity index (χ0n) is 18.0. The molecule has 0 radical (unpaired) electrons. The van der Waals surface area contributed by atoms with Crippen molar-refractivity contribution in [2.45, 2.75) is 26.4 Å². The van der Waals surface area contributed by atoms with E-state index in [-0.39, 0.29) is 17.7 Å². The van der Waals surface area contributed by atoms with Crippen molar-refractivity contribution in [2.24, 2.45) is 0 Å². The molecule has 0 unspecified atom stereocenters. The molecule has 0 aliphatic carbocycles. The molecule has 8 heteroatoms. The fourth-order valence-electron chi connectivity index (χ4n) is 3.95. The summed E-state index contributed by atoms with van der Waals surface area (Å²) in [4.78, 5) is 31.1. The van der Waals surface area contributed by atoms with Crippen molar-refractivity contribution in [3.8, 4) is 16.9 Å². The quantitative estimate of drug-likeness (QED) is 0.613. The predicted molar refractivity (Wildman–Crippen MR) is 123 cm³/mol. The first kappa shape index (κ1) is 22.0. The van der Waals surface area contributed by atoms with Crippen LogP contribution in [0.4, 0.5) is 0 Å². The van der Waals surface area contributed by atoms with Gasteiger partial charge in [0.05, 0.1) is 23.4 Å². The molecule has 0 saturated heterocycles. The van der Waals surface area contributed by atoms with Crippen molar-refractivity contribution in [1.29, 1.82) is 0 Å². The third-order valence-electron chi connectivity index (χ3n) is 5.63. The van der Waals surface area contributed by atoms with E-state index in [1.165, 1.54) is 6.07 Å². The summed E-state index contributed by atoms with van der Waals surface area (Å²) in [5.41, 5.74) is 3.18. The van der Waals surface area contributed by atoms with Gasteiger partial charge in [0.15, 0.2) is 0 Å². The summed E-state index contributed by atoms with van der Waals surface area (Å²) in [6.07, 6.45) is 0.781. The topological polar surface area (TPSA) is 84.7 Å². The van der Waals surface area contributed by atoms with Crippen LogP contribution >= 0.6 is 11.6 Å². The van der Waals surface area contributed by atoms with Crippen LogP contribution in [0.15, 0.2) is 47.3 Å². The van der Waals surface area contributed by atoms with E-state index in [0.29, 0.717) is 40.8 Å². The highest BCUT2D eigenvalue weighted by molar-refractivity contribution is 6.31. The molecule has 2 heterocycles. The standard InChI is InChI=1S/C24H24ClN3O4/c1-15-26-21-8-9-27(2)14-20(21)23(29)28(15)10-11-32-22-7-6-18(25)13-19(22)16-4-3-5-17(12-16)24(30)31/h3-7,12-13H,8-11,14H2,1-2H3,(H,30,31). The molecule has 1 N–H and O–H groups in total. The number of hydrogen-bond acceptors (Lipinski definition) is 5. The van der Waals surface area contributed by atoms with Gasteiger partial charge in [0.25, 0.3) is 5.56 Å². The second-order valence-electron chi connectivity index (χ2n) is 7.90. The highest BCUT2D eigenvalue weighted by atomic mass is 35.5. The number of aromatic nitrogens is 2. The Hall–Kier alpha value is -3.16. The number of carbonyl (C=O) groups is 1. The van der Waals surface area contributed by atoms with E-state index in [1.54, 1.807) is 34.9 Å². The maximum Gasteiger partial charge on any atom is 0.335 e. The van der Waals surface area contributed by atoms with E-state index in [9.17, 15) is 14.7 Å². The lowest BCUT2D eigenvalue weighted by Gasteiger charge is -2.25. The minimum atomic E-state index is -1.00. The number of fused-ring (bicyclic) bond motifs is 1. The third kappa shape index (κ3) is 4.54. The molecule has 0 bridgehead atoms. The minimum absolute atomic E-state index is 0.0202. The number of likely N-dealkylation sites (N-methyl/N-ethyl adjacent to an activating group) is 1. The Morgan fingerprint density at radius 3 is 2.84 bits per heavy atom. The van der Waals surface area contributed by atoms with Gasteiger partial charge < -0.3 is 14.7 Å². The van der Waals surface area contributed by atoms with Crippen LogP contribution in [0.1, 0.15) is 27.4 Å². The number of carboxylic acids is 1. The van der Waals surface area contributed by atoms with Gasteiger partial charge in [0.2, 0.25) is 0 Å². The summed E-state index contributed by atoms with van der Waals surface area (Å²) in [5.74, 6) is 0.234. The third-order valence-corrected chi connectivity index (χ3v) is 5.87. The lowest BCUT2D eigenvalue weighted by atomic mass is 10.0. The number of aromatic carboxylic acids is 1. The van der Waals surface area contributed by atoms with E-state index in [0.717, 1.165) is 24.2 Å². The van der Waals surface area contributed by atoms with Crippen LogP contribution in [-0.4, -0.2) is 45.7 Å². The molecule has 2 aromatic carbocycles. The molecule has 4 rings (SSSR count). The van der Waals surface area contributed by atoms with Gasteiger partial charge in [0, 0.05) is 30.1 Å². The molecule has 166 valence electrons. The van der Waals surface area contributed by atoms with Gasteiger partial charge in [-0.2, -0.15) is 0 Å². The first-order valence-electron chi connectivity index (χ1n) is 10.4. The Bertz CT molecular complexity index is 1240. The van der Waals surface area contributed by atoms with Crippen molar-refractivity contribution in [2.75, 3.05) is 20.2 Å². The van der Waals surface area contributed by atoms with Crippen LogP contribution in [0, 0.1) is 6.92 Å². The van der Waals surface area contributed by atoms with Crippen LogP contribution in [0.25, 0.3) is 11.1 Å². The maximum absolute atomic E-state index is 13.0. The van der Waals surface area contributed by atoms with Crippen LogP contribution in [-0.2, 0) is 19.5 Å². The summed E-state index contributed by atoms with van der Waals surface area (Å²) in [5, 5.41) is 9.82. The molecule has 32 heavy (non-hydrogen) atoms. The number of hydrogen-bond donors (Lipinski definition) is 1. The molecule has 0 spiro atoms. The largest absolute Gasteiger partial charge is 0.491 e. The van der Waals surface area contributed by atoms with Gasteiger partial charge in [-0.3, -0.25) is 9.36 Å². The summed E-state index contributed by atoms with van der Waals surface area (Å²) in [6.45, 7) is 3.94. The van der Waals surface area contributed by atoms with Gasteiger partial charge in [-0.05, 0) is 49.9 Å². The van der Waals surface area contributed by atoms with Gasteiger partial charge in [-0.1, -0.05) is 23.7 Å². The fraction of sp³-hybridized carbons (Fsp3) is 0.292. The molecular formula is C24H24ClN3O4. The maximum atomic E-state index is 13.0. The monoisotopic (exact) mass is 453 g/mol. The van der Waals surface area contributed by atoms with Crippen molar-refractivity contribution in [3.63, 3.8) is 0 Å². The number of rotatable bonds is 6. The molecule has 1 aliphatic rings. The minimum Gasteiger partial charge on any atom is -0.491 e. The zero-order chi connectivity index (χ0) is 22.8. The lowest BCUT2D eigenvalue weighted by Crippen LogP contribution is -2.37. The lowest BCUT2D eigenvalue weighted by molar-refractivity contribution is 0.0697. The Morgan fingerprint density at radius 1 is 1.25 bits per heavy atom. The molecule has 1 aliphatic heterocycles. The first-order chi connectivity index (χ1) is 15.3. The summed E-state index contributed by atoms with van der Waals surface area (Å²) in [6, 6.07) is 11.8. The molecule has 3 aromatic rings. The second kappa shape index (κ2) is 9.14. The highest BCUT2D eigenvalue weighted by Crippen LogP contribution is 2.33. The number of halogens is 1. The Morgan fingerprint density at radius 2 is 2.06 bits per heavy atom. The van der Waals surface area contributed by atoms with Crippen LogP contribution in [0.2, 0.25) is 5.02 Å². The van der Waals surface area contributed by atoms with Crippen molar-refractivity contribution >= 4 is 17.6 Å². The predicted octanol–water partition coefficient (Wildman–Crippen LogP) is 3.64. The number of benzene rings is 2. The van der Waals surface area contributed by atoms with Crippen LogP contribution < -0.4 is 10.3 Å². The average molecular weight is 454 g/mol.